The molecule has 1 saturated heterocycles. The molecule has 1 aliphatic heterocycles. The van der Waals surface area contributed by atoms with Crippen molar-refractivity contribution in [3.63, 3.8) is 0 Å². The molecule has 2 aliphatic rings. The van der Waals surface area contributed by atoms with E-state index in [4.69, 9.17) is 14.2 Å². The summed E-state index contributed by atoms with van der Waals surface area (Å²) in [7, 11) is 2.88. The predicted octanol–water partition coefficient (Wildman–Crippen LogP) is 1.86. The van der Waals surface area contributed by atoms with Crippen LogP contribution >= 0.6 is 0 Å². The number of rotatable bonds is 5. The van der Waals surface area contributed by atoms with Gasteiger partial charge in [0.1, 0.15) is 12.1 Å². The molecule has 1 heterocycles. The second-order valence-electron chi connectivity index (χ2n) is 6.43. The van der Waals surface area contributed by atoms with Crippen molar-refractivity contribution in [2.24, 2.45) is 0 Å². The molecule has 140 valence electrons. The van der Waals surface area contributed by atoms with E-state index >= 15 is 0 Å². The number of urea groups is 1. The molecule has 1 aromatic carbocycles. The molecule has 0 aromatic heterocycles. The minimum absolute atomic E-state index is 0.113. The second kappa shape index (κ2) is 7.23. The van der Waals surface area contributed by atoms with Gasteiger partial charge in [-0.25, -0.2) is 9.59 Å². The molecule has 1 spiro atoms. The first-order valence-corrected chi connectivity index (χ1v) is 8.56. The molecule has 26 heavy (non-hydrogen) atoms. The number of carbonyl (C=O) groups excluding carboxylic acids is 3. The van der Waals surface area contributed by atoms with Crippen molar-refractivity contribution in [1.82, 2.24) is 10.2 Å². The number of ether oxygens (including phenoxy) is 3. The van der Waals surface area contributed by atoms with Gasteiger partial charge in [0.15, 0.2) is 11.5 Å². The average Bonchev–Trinajstić information content (AvgIpc) is 2.86. The largest absolute Gasteiger partial charge is 0.493 e. The maximum atomic E-state index is 12.7. The molecule has 3 amide bonds. The summed E-state index contributed by atoms with van der Waals surface area (Å²) in [6.45, 7) is -0.465. The summed E-state index contributed by atoms with van der Waals surface area (Å²) < 4.78 is 15.7. The van der Waals surface area contributed by atoms with Crippen molar-refractivity contribution in [2.75, 3.05) is 20.8 Å². The maximum absolute atomic E-state index is 12.7. The highest BCUT2D eigenvalue weighted by atomic mass is 16.6. The van der Waals surface area contributed by atoms with Crippen LogP contribution in [0.25, 0.3) is 0 Å². The first kappa shape index (κ1) is 18.0. The average molecular weight is 362 g/mol. The van der Waals surface area contributed by atoms with Crippen molar-refractivity contribution in [3.8, 4) is 17.2 Å². The zero-order valence-electron chi connectivity index (χ0n) is 14.9. The van der Waals surface area contributed by atoms with E-state index in [0.717, 1.165) is 24.2 Å². The number of methoxy groups -OCH3 is 2. The van der Waals surface area contributed by atoms with E-state index in [1.807, 2.05) is 0 Å². The highest BCUT2D eigenvalue weighted by molar-refractivity contribution is 6.08. The lowest BCUT2D eigenvalue weighted by molar-refractivity contribution is -0.141. The number of para-hydroxylation sites is 1. The van der Waals surface area contributed by atoms with Gasteiger partial charge in [0.2, 0.25) is 5.75 Å². The minimum atomic E-state index is -0.863. The third kappa shape index (κ3) is 3.18. The van der Waals surface area contributed by atoms with Gasteiger partial charge in [-0.05, 0) is 25.0 Å². The number of nitrogens with one attached hydrogen (secondary N) is 1. The first-order valence-electron chi connectivity index (χ1n) is 8.56. The Labute approximate surface area is 151 Å². The summed E-state index contributed by atoms with van der Waals surface area (Å²) in [5.74, 6) is -0.352. The van der Waals surface area contributed by atoms with E-state index in [9.17, 15) is 14.4 Å². The Morgan fingerprint density at radius 1 is 1.12 bits per heavy atom. The number of esters is 1. The summed E-state index contributed by atoms with van der Waals surface area (Å²) in [5, 5.41) is 2.76. The van der Waals surface area contributed by atoms with E-state index in [0.29, 0.717) is 24.3 Å². The smallest absolute Gasteiger partial charge is 0.331 e. The van der Waals surface area contributed by atoms with E-state index in [1.54, 1.807) is 18.2 Å². The van der Waals surface area contributed by atoms with Crippen LogP contribution in [0, 0.1) is 0 Å². The molecular formula is C18H22N2O6. The summed E-state index contributed by atoms with van der Waals surface area (Å²) in [5.41, 5.74) is -0.863. The predicted molar refractivity (Wildman–Crippen MR) is 91.2 cm³/mol. The molecule has 0 atom stereocenters. The fraction of sp³-hybridized carbons (Fsp3) is 0.500. The lowest BCUT2D eigenvalue weighted by atomic mass is 9.82. The molecule has 3 rings (SSSR count). The van der Waals surface area contributed by atoms with Gasteiger partial charge >= 0.3 is 12.0 Å². The summed E-state index contributed by atoms with van der Waals surface area (Å²) in [4.78, 5) is 38.2. The first-order chi connectivity index (χ1) is 12.5. The molecule has 0 radical (unpaired) electrons. The van der Waals surface area contributed by atoms with Crippen LogP contribution < -0.4 is 19.5 Å². The van der Waals surface area contributed by atoms with Gasteiger partial charge in [-0.3, -0.25) is 9.69 Å². The van der Waals surface area contributed by atoms with Gasteiger partial charge in [0.25, 0.3) is 5.91 Å². The van der Waals surface area contributed by atoms with E-state index in [1.165, 1.54) is 14.2 Å². The third-order valence-electron chi connectivity index (χ3n) is 4.84. The molecule has 0 unspecified atom stereocenters. The van der Waals surface area contributed by atoms with Crippen LogP contribution in [0.1, 0.15) is 32.1 Å². The quantitative estimate of drug-likeness (QED) is 0.488. The maximum Gasteiger partial charge on any atom is 0.331 e. The third-order valence-corrected chi connectivity index (χ3v) is 4.84. The van der Waals surface area contributed by atoms with Gasteiger partial charge in [0.05, 0.1) is 14.2 Å². The molecular weight excluding hydrogens is 340 g/mol. The van der Waals surface area contributed by atoms with Crippen LogP contribution in [0.2, 0.25) is 0 Å². The zero-order chi connectivity index (χ0) is 18.7. The molecule has 8 heteroatoms. The minimum Gasteiger partial charge on any atom is -0.493 e. The topological polar surface area (TPSA) is 94.2 Å². The number of benzene rings is 1. The van der Waals surface area contributed by atoms with Gasteiger partial charge < -0.3 is 19.5 Å². The Morgan fingerprint density at radius 2 is 1.73 bits per heavy atom. The van der Waals surface area contributed by atoms with Crippen molar-refractivity contribution in [3.05, 3.63) is 18.2 Å². The SMILES string of the molecule is COc1cccc(OC)c1OC(=O)CN1C(=O)NC2(CCCCC2)C1=O. The zero-order valence-corrected chi connectivity index (χ0v) is 14.9. The lowest BCUT2D eigenvalue weighted by Crippen LogP contribution is -2.48. The molecule has 0 bridgehead atoms. The van der Waals surface area contributed by atoms with E-state index in [2.05, 4.69) is 5.32 Å². The summed E-state index contributed by atoms with van der Waals surface area (Å²) in [6.07, 6.45) is 4.00. The van der Waals surface area contributed by atoms with Crippen LogP contribution in [0.15, 0.2) is 18.2 Å². The van der Waals surface area contributed by atoms with Crippen LogP contribution in [0.4, 0.5) is 4.79 Å². The van der Waals surface area contributed by atoms with Crippen molar-refractivity contribution < 1.29 is 28.6 Å². The number of hydrogen-bond acceptors (Lipinski definition) is 6. The van der Waals surface area contributed by atoms with Gasteiger partial charge in [-0.1, -0.05) is 25.3 Å². The van der Waals surface area contributed by atoms with Crippen molar-refractivity contribution >= 4 is 17.9 Å². The van der Waals surface area contributed by atoms with Gasteiger partial charge in [-0.15, -0.1) is 0 Å². The number of amides is 3. The molecule has 2 fully saturated rings. The highest BCUT2D eigenvalue weighted by Crippen LogP contribution is 2.37. The molecule has 1 saturated carbocycles. The Kier molecular flexibility index (Phi) is 5.01. The number of hydrogen-bond donors (Lipinski definition) is 1. The van der Waals surface area contributed by atoms with Crippen LogP contribution in [0.5, 0.6) is 17.2 Å². The fourth-order valence-electron chi connectivity index (χ4n) is 3.51. The van der Waals surface area contributed by atoms with Crippen LogP contribution in [0.3, 0.4) is 0 Å². The molecule has 1 aromatic rings. The standard InChI is InChI=1S/C18H22N2O6/c1-24-12-7-6-8-13(25-2)15(12)26-14(21)11-20-16(22)18(19-17(20)23)9-4-3-5-10-18/h6-8H,3-5,9-11H2,1-2H3,(H,19,23). The summed E-state index contributed by atoms with van der Waals surface area (Å²) in [6, 6.07) is 4.38. The van der Waals surface area contributed by atoms with Gasteiger partial charge in [-0.2, -0.15) is 0 Å². The highest BCUT2D eigenvalue weighted by Gasteiger charge is 2.51. The monoisotopic (exact) mass is 362 g/mol. The van der Waals surface area contributed by atoms with Crippen LogP contribution in [-0.2, 0) is 9.59 Å². The second-order valence-corrected chi connectivity index (χ2v) is 6.43. The lowest BCUT2D eigenvalue weighted by Gasteiger charge is -2.30. The molecule has 8 nitrogen and oxygen atoms in total. The van der Waals surface area contributed by atoms with Crippen molar-refractivity contribution in [2.45, 2.75) is 37.6 Å². The van der Waals surface area contributed by atoms with Crippen LogP contribution in [-0.4, -0.2) is 49.1 Å². The van der Waals surface area contributed by atoms with Crippen molar-refractivity contribution in [1.29, 1.82) is 0 Å². The van der Waals surface area contributed by atoms with E-state index in [-0.39, 0.29) is 11.7 Å². The molecule has 1 N–H and O–H groups in total. The van der Waals surface area contributed by atoms with E-state index < -0.39 is 24.1 Å². The van der Waals surface area contributed by atoms with Gasteiger partial charge in [0, 0.05) is 0 Å². The number of carbonyl (C=O) groups is 3. The fourth-order valence-corrected chi connectivity index (χ4v) is 3.51. The molecule has 1 aliphatic carbocycles. The normalized spacial score (nSPS) is 18.6. The Balaban J connectivity index is 1.73. The Morgan fingerprint density at radius 3 is 2.31 bits per heavy atom. The Bertz CT molecular complexity index is 704. The summed E-state index contributed by atoms with van der Waals surface area (Å²) >= 11 is 0. The number of nitrogens with zero attached hydrogens (tertiary/aromatic N) is 1. The Hall–Kier alpha value is -2.77. The number of imide groups is 1.